The molecule has 3 heterocycles. The highest BCUT2D eigenvalue weighted by atomic mass is 16.5. The van der Waals surface area contributed by atoms with E-state index in [0.717, 1.165) is 58.2 Å². The fourth-order valence-corrected chi connectivity index (χ4v) is 3.32. The first kappa shape index (κ1) is 15.2. The zero-order valence-corrected chi connectivity index (χ0v) is 12.9. The second-order valence-corrected chi connectivity index (χ2v) is 6.13. The van der Waals surface area contributed by atoms with Crippen molar-refractivity contribution in [3.05, 3.63) is 23.9 Å². The van der Waals surface area contributed by atoms with E-state index in [1.54, 1.807) is 18.3 Å². The van der Waals surface area contributed by atoms with Crippen LogP contribution in [0.1, 0.15) is 23.2 Å². The quantitative estimate of drug-likeness (QED) is 0.888. The number of hydrogen-bond donors (Lipinski definition) is 1. The summed E-state index contributed by atoms with van der Waals surface area (Å²) in [6.45, 7) is 6.87. The van der Waals surface area contributed by atoms with Gasteiger partial charge >= 0.3 is 0 Å². The van der Waals surface area contributed by atoms with Crippen LogP contribution in [0, 0.1) is 5.92 Å². The van der Waals surface area contributed by atoms with Crippen LogP contribution < -0.4 is 10.6 Å². The van der Waals surface area contributed by atoms with Crippen LogP contribution >= 0.6 is 0 Å². The Hall–Kier alpha value is -1.66. The minimum atomic E-state index is -0.398. The molecule has 6 heteroatoms. The maximum atomic E-state index is 11.3. The third-order valence-corrected chi connectivity index (χ3v) is 4.49. The fraction of sp³-hybridized carbons (Fsp3) is 0.625. The van der Waals surface area contributed by atoms with Crippen molar-refractivity contribution >= 4 is 11.7 Å². The van der Waals surface area contributed by atoms with Crippen LogP contribution in [0.2, 0.25) is 0 Å². The fourth-order valence-electron chi connectivity index (χ4n) is 3.32. The van der Waals surface area contributed by atoms with Crippen molar-refractivity contribution < 1.29 is 9.53 Å². The number of hydrogen-bond acceptors (Lipinski definition) is 5. The van der Waals surface area contributed by atoms with Gasteiger partial charge in [-0.05, 0) is 30.9 Å². The zero-order chi connectivity index (χ0) is 15.4. The zero-order valence-electron chi connectivity index (χ0n) is 12.9. The Morgan fingerprint density at radius 2 is 2.18 bits per heavy atom. The lowest BCUT2D eigenvalue weighted by molar-refractivity contribution is 0.0296. The SMILES string of the molecule is NC(=O)c1ccnc(N2CCC[C@@H](CN3CCOCC3)C2)c1. The molecular weight excluding hydrogens is 280 g/mol. The Labute approximate surface area is 131 Å². The number of rotatable bonds is 4. The van der Waals surface area contributed by atoms with E-state index in [4.69, 9.17) is 10.5 Å². The van der Waals surface area contributed by atoms with Gasteiger partial charge in [-0.3, -0.25) is 9.69 Å². The van der Waals surface area contributed by atoms with Gasteiger partial charge in [0.2, 0.25) is 5.91 Å². The van der Waals surface area contributed by atoms with Crippen LogP contribution in [0.4, 0.5) is 5.82 Å². The lowest BCUT2D eigenvalue weighted by Gasteiger charge is -2.37. The van der Waals surface area contributed by atoms with E-state index in [9.17, 15) is 4.79 Å². The van der Waals surface area contributed by atoms with Crippen molar-refractivity contribution in [1.29, 1.82) is 0 Å². The first-order valence-electron chi connectivity index (χ1n) is 8.03. The molecule has 0 aromatic carbocycles. The van der Waals surface area contributed by atoms with Gasteiger partial charge in [-0.2, -0.15) is 0 Å². The van der Waals surface area contributed by atoms with Crippen molar-refractivity contribution in [3.8, 4) is 0 Å². The number of aromatic nitrogens is 1. The highest BCUT2D eigenvalue weighted by Crippen LogP contribution is 2.23. The average Bonchev–Trinajstić information content (AvgIpc) is 2.56. The number of piperidine rings is 1. The molecule has 6 nitrogen and oxygen atoms in total. The topological polar surface area (TPSA) is 71.7 Å². The molecule has 2 fully saturated rings. The number of anilines is 1. The molecule has 2 aliphatic rings. The van der Waals surface area contributed by atoms with Gasteiger partial charge in [0.25, 0.3) is 0 Å². The number of carbonyl (C=O) groups is 1. The third kappa shape index (κ3) is 3.75. The highest BCUT2D eigenvalue weighted by Gasteiger charge is 2.24. The Morgan fingerprint density at radius 1 is 1.36 bits per heavy atom. The van der Waals surface area contributed by atoms with Crippen LogP contribution in [0.15, 0.2) is 18.3 Å². The van der Waals surface area contributed by atoms with Gasteiger partial charge in [-0.1, -0.05) is 0 Å². The molecule has 1 atom stereocenters. The number of nitrogens with two attached hydrogens (primary N) is 1. The van der Waals surface area contributed by atoms with Crippen LogP contribution in [0.3, 0.4) is 0 Å². The summed E-state index contributed by atoms with van der Waals surface area (Å²) >= 11 is 0. The maximum Gasteiger partial charge on any atom is 0.248 e. The number of pyridine rings is 1. The van der Waals surface area contributed by atoms with Crippen LogP contribution in [0.5, 0.6) is 0 Å². The highest BCUT2D eigenvalue weighted by molar-refractivity contribution is 5.93. The number of primary amides is 1. The minimum Gasteiger partial charge on any atom is -0.379 e. The van der Waals surface area contributed by atoms with Crippen LogP contribution in [-0.4, -0.2) is 61.7 Å². The predicted octanol–water partition coefficient (Wildman–Crippen LogP) is 0.729. The number of carbonyl (C=O) groups excluding carboxylic acids is 1. The van der Waals surface area contributed by atoms with E-state index in [1.165, 1.54) is 6.42 Å². The molecule has 3 rings (SSSR count). The smallest absolute Gasteiger partial charge is 0.248 e. The second kappa shape index (κ2) is 7.07. The number of ether oxygens (including phenoxy) is 1. The summed E-state index contributed by atoms with van der Waals surface area (Å²) in [7, 11) is 0. The molecule has 2 N–H and O–H groups in total. The Bertz CT molecular complexity index is 517. The molecule has 1 amide bonds. The molecule has 120 valence electrons. The average molecular weight is 304 g/mol. The molecule has 1 aromatic rings. The second-order valence-electron chi connectivity index (χ2n) is 6.13. The molecule has 0 saturated carbocycles. The number of nitrogens with zero attached hydrogens (tertiary/aromatic N) is 3. The van der Waals surface area contributed by atoms with Gasteiger partial charge in [0.15, 0.2) is 0 Å². The lowest BCUT2D eigenvalue weighted by Crippen LogP contribution is -2.44. The molecule has 22 heavy (non-hydrogen) atoms. The van der Waals surface area contributed by atoms with Gasteiger partial charge in [-0.15, -0.1) is 0 Å². The summed E-state index contributed by atoms with van der Waals surface area (Å²) in [6, 6.07) is 3.47. The van der Waals surface area contributed by atoms with E-state index >= 15 is 0 Å². The summed E-state index contributed by atoms with van der Waals surface area (Å²) in [6.07, 6.45) is 4.09. The summed E-state index contributed by atoms with van der Waals surface area (Å²) in [5, 5.41) is 0. The Balaban J connectivity index is 1.62. The maximum absolute atomic E-state index is 11.3. The van der Waals surface area contributed by atoms with Crippen LogP contribution in [0.25, 0.3) is 0 Å². The molecule has 0 radical (unpaired) electrons. The standard InChI is InChI=1S/C16H24N4O2/c17-16(21)14-3-4-18-15(10-14)20-5-1-2-13(12-20)11-19-6-8-22-9-7-19/h3-4,10,13H,1-2,5-9,11-12H2,(H2,17,21)/t13-/m0/s1. The summed E-state index contributed by atoms with van der Waals surface area (Å²) < 4.78 is 5.41. The van der Waals surface area contributed by atoms with Gasteiger partial charge in [0.1, 0.15) is 5.82 Å². The predicted molar refractivity (Wildman–Crippen MR) is 85.0 cm³/mol. The van der Waals surface area contributed by atoms with Crippen LogP contribution in [-0.2, 0) is 4.74 Å². The summed E-state index contributed by atoms with van der Waals surface area (Å²) in [4.78, 5) is 20.5. The van der Waals surface area contributed by atoms with E-state index in [0.29, 0.717) is 11.5 Å². The van der Waals surface area contributed by atoms with E-state index in [1.807, 2.05) is 0 Å². The van der Waals surface area contributed by atoms with Crippen molar-refractivity contribution in [2.75, 3.05) is 50.8 Å². The molecular formula is C16H24N4O2. The summed E-state index contributed by atoms with van der Waals surface area (Å²) in [5.41, 5.74) is 5.89. The number of amides is 1. The molecule has 0 bridgehead atoms. The van der Waals surface area contributed by atoms with E-state index in [2.05, 4.69) is 14.8 Å². The summed E-state index contributed by atoms with van der Waals surface area (Å²) in [5.74, 6) is 1.11. The van der Waals surface area contributed by atoms with Crippen molar-refractivity contribution in [2.24, 2.45) is 11.7 Å². The monoisotopic (exact) mass is 304 g/mol. The van der Waals surface area contributed by atoms with Gasteiger partial charge in [0, 0.05) is 44.5 Å². The van der Waals surface area contributed by atoms with Gasteiger partial charge in [-0.25, -0.2) is 4.98 Å². The third-order valence-electron chi connectivity index (χ3n) is 4.49. The molecule has 0 unspecified atom stereocenters. The molecule has 0 spiro atoms. The van der Waals surface area contributed by atoms with E-state index in [-0.39, 0.29) is 0 Å². The lowest BCUT2D eigenvalue weighted by atomic mass is 9.97. The van der Waals surface area contributed by atoms with Crippen molar-refractivity contribution in [1.82, 2.24) is 9.88 Å². The molecule has 0 aliphatic carbocycles. The van der Waals surface area contributed by atoms with Gasteiger partial charge < -0.3 is 15.4 Å². The first-order valence-corrected chi connectivity index (χ1v) is 8.03. The Morgan fingerprint density at radius 3 is 2.95 bits per heavy atom. The van der Waals surface area contributed by atoms with E-state index < -0.39 is 5.91 Å². The first-order chi connectivity index (χ1) is 10.7. The van der Waals surface area contributed by atoms with Crippen molar-refractivity contribution in [3.63, 3.8) is 0 Å². The normalized spacial score (nSPS) is 23.5. The Kier molecular flexibility index (Phi) is 4.90. The molecule has 2 saturated heterocycles. The molecule has 2 aliphatic heterocycles. The largest absolute Gasteiger partial charge is 0.379 e. The van der Waals surface area contributed by atoms with Crippen molar-refractivity contribution in [2.45, 2.75) is 12.8 Å². The number of morpholine rings is 1. The minimum absolute atomic E-state index is 0.398. The van der Waals surface area contributed by atoms with Gasteiger partial charge in [0.05, 0.1) is 13.2 Å². The molecule has 1 aromatic heterocycles.